The average molecular weight is 339 g/mol. The lowest BCUT2D eigenvalue weighted by molar-refractivity contribution is -0.146. The highest BCUT2D eigenvalue weighted by Gasteiger charge is 2.37. The van der Waals surface area contributed by atoms with Gasteiger partial charge in [-0.05, 0) is 31.5 Å². The second kappa shape index (κ2) is 6.47. The number of aliphatic imine (C=N–C) groups is 1. The Morgan fingerprint density at radius 1 is 1.35 bits per heavy atom. The van der Waals surface area contributed by atoms with Gasteiger partial charge in [0.05, 0.1) is 17.5 Å². The molecule has 0 bridgehead atoms. The summed E-state index contributed by atoms with van der Waals surface area (Å²) in [5.74, 6) is -1.28. The maximum atomic E-state index is 12.2. The Hall–Kier alpha value is -2.26. The molecule has 0 fully saturated rings. The Balaban J connectivity index is 2.40. The summed E-state index contributed by atoms with van der Waals surface area (Å²) in [6.07, 6.45) is 0. The number of esters is 1. The normalized spacial score (nSPS) is 21.3. The molecule has 1 unspecified atom stereocenters. The van der Waals surface area contributed by atoms with Crippen LogP contribution in [-0.4, -0.2) is 32.7 Å². The second-order valence-corrected chi connectivity index (χ2v) is 6.59. The Labute approximate surface area is 133 Å². The topological polar surface area (TPSA) is 128 Å². The molecule has 1 aliphatic heterocycles. The summed E-state index contributed by atoms with van der Waals surface area (Å²) in [5.41, 5.74) is 0.894. The van der Waals surface area contributed by atoms with E-state index < -0.39 is 34.0 Å². The van der Waals surface area contributed by atoms with Gasteiger partial charge in [-0.2, -0.15) is 0 Å². The summed E-state index contributed by atoms with van der Waals surface area (Å²) in [6, 6.07) is 4.38. The van der Waals surface area contributed by atoms with Gasteiger partial charge < -0.3 is 10.1 Å². The average Bonchev–Trinajstić information content (AvgIpc) is 2.45. The first-order chi connectivity index (χ1) is 10.7. The number of carbonyl (C=O) groups excluding carboxylic acids is 2. The number of hydrogen-bond donors (Lipinski definition) is 2. The van der Waals surface area contributed by atoms with Crippen LogP contribution in [0.25, 0.3) is 0 Å². The van der Waals surface area contributed by atoms with Crippen LogP contribution in [0.4, 0.5) is 4.79 Å². The number of amides is 2. The Kier molecular flexibility index (Phi) is 4.81. The molecule has 0 spiro atoms. The minimum Gasteiger partial charge on any atom is -0.465 e. The lowest BCUT2D eigenvalue weighted by atomic mass is 9.88. The first kappa shape index (κ1) is 17.1. The zero-order valence-corrected chi connectivity index (χ0v) is 13.5. The van der Waals surface area contributed by atoms with Crippen LogP contribution in [-0.2, 0) is 19.6 Å². The molecule has 0 aliphatic carbocycles. The highest BCUT2D eigenvalue weighted by Crippen LogP contribution is 2.28. The molecular formula is C14H17N3O5S. The lowest BCUT2D eigenvalue weighted by Crippen LogP contribution is -2.44. The van der Waals surface area contributed by atoms with Crippen LogP contribution in [0.3, 0.4) is 0 Å². The maximum Gasteiger partial charge on any atom is 0.341 e. The zero-order chi connectivity index (χ0) is 17.2. The number of benzene rings is 1. The molecule has 2 rings (SSSR count). The minimum absolute atomic E-state index is 0.0542. The third-order valence-electron chi connectivity index (χ3n) is 3.45. The van der Waals surface area contributed by atoms with E-state index in [1.165, 1.54) is 24.3 Å². The van der Waals surface area contributed by atoms with E-state index in [0.29, 0.717) is 11.3 Å². The summed E-state index contributed by atoms with van der Waals surface area (Å²) < 4.78 is 27.6. The van der Waals surface area contributed by atoms with Crippen molar-refractivity contribution >= 4 is 27.7 Å². The number of primary sulfonamides is 1. The molecule has 0 saturated heterocycles. The van der Waals surface area contributed by atoms with Crippen LogP contribution in [0.2, 0.25) is 0 Å². The molecule has 2 atom stereocenters. The molecule has 1 aliphatic rings. The SMILES string of the molecule is CCOC(=O)C1C(C)=NC(=O)N[C@H]1c1ccc(S(N)(=O)=O)cc1. The number of nitrogens with one attached hydrogen (secondary N) is 1. The number of sulfonamides is 1. The molecule has 1 aromatic carbocycles. The molecule has 1 aromatic rings. The van der Waals surface area contributed by atoms with Gasteiger partial charge >= 0.3 is 12.0 Å². The van der Waals surface area contributed by atoms with Gasteiger partial charge in [0.2, 0.25) is 10.0 Å². The van der Waals surface area contributed by atoms with Crippen LogP contribution >= 0.6 is 0 Å². The molecule has 0 aromatic heterocycles. The van der Waals surface area contributed by atoms with Gasteiger partial charge in [0.15, 0.2) is 0 Å². The molecule has 9 heteroatoms. The summed E-state index contributed by atoms with van der Waals surface area (Å²) in [4.78, 5) is 27.5. The Morgan fingerprint density at radius 3 is 2.48 bits per heavy atom. The molecule has 8 nitrogen and oxygen atoms in total. The monoisotopic (exact) mass is 339 g/mol. The number of nitrogens with zero attached hydrogens (tertiary/aromatic N) is 1. The zero-order valence-electron chi connectivity index (χ0n) is 12.6. The maximum absolute atomic E-state index is 12.2. The fourth-order valence-corrected chi connectivity index (χ4v) is 2.91. The van der Waals surface area contributed by atoms with Crippen molar-refractivity contribution in [1.82, 2.24) is 5.32 Å². The number of nitrogens with two attached hydrogens (primary N) is 1. The highest BCUT2D eigenvalue weighted by atomic mass is 32.2. The first-order valence-corrected chi connectivity index (χ1v) is 8.43. The smallest absolute Gasteiger partial charge is 0.341 e. The third kappa shape index (κ3) is 3.74. The van der Waals surface area contributed by atoms with Crippen LogP contribution in [0.15, 0.2) is 34.2 Å². The highest BCUT2D eigenvalue weighted by molar-refractivity contribution is 7.89. The van der Waals surface area contributed by atoms with Crippen LogP contribution in [0.1, 0.15) is 25.5 Å². The lowest BCUT2D eigenvalue weighted by Gasteiger charge is -2.29. The molecule has 23 heavy (non-hydrogen) atoms. The minimum atomic E-state index is -3.81. The molecule has 124 valence electrons. The summed E-state index contributed by atoms with van der Waals surface area (Å²) in [5, 5.41) is 7.66. The number of rotatable bonds is 4. The van der Waals surface area contributed by atoms with Gasteiger partial charge in [-0.1, -0.05) is 12.1 Å². The predicted octanol–water partition coefficient (Wildman–Crippen LogP) is 0.738. The summed E-state index contributed by atoms with van der Waals surface area (Å²) >= 11 is 0. The van der Waals surface area contributed by atoms with Crippen LogP contribution in [0, 0.1) is 5.92 Å². The van der Waals surface area contributed by atoms with Gasteiger partial charge in [-0.15, -0.1) is 0 Å². The first-order valence-electron chi connectivity index (χ1n) is 6.89. The van der Waals surface area contributed by atoms with Crippen molar-refractivity contribution < 1.29 is 22.7 Å². The van der Waals surface area contributed by atoms with Gasteiger partial charge in [0.1, 0.15) is 5.92 Å². The Bertz CT molecular complexity index is 755. The van der Waals surface area contributed by atoms with Gasteiger partial charge in [0, 0.05) is 5.71 Å². The van der Waals surface area contributed by atoms with E-state index in [1.807, 2.05) is 0 Å². The number of hydrogen-bond acceptors (Lipinski definition) is 5. The fourth-order valence-electron chi connectivity index (χ4n) is 2.40. The van der Waals surface area contributed by atoms with Crippen molar-refractivity contribution in [2.75, 3.05) is 6.61 Å². The quantitative estimate of drug-likeness (QED) is 0.782. The summed E-state index contributed by atoms with van der Waals surface area (Å²) in [7, 11) is -3.81. The number of carbonyl (C=O) groups is 2. The molecule has 2 amide bonds. The van der Waals surface area contributed by atoms with Crippen molar-refractivity contribution in [2.45, 2.75) is 24.8 Å². The van der Waals surface area contributed by atoms with Crippen molar-refractivity contribution in [1.29, 1.82) is 0 Å². The van der Waals surface area contributed by atoms with E-state index in [9.17, 15) is 18.0 Å². The van der Waals surface area contributed by atoms with E-state index in [4.69, 9.17) is 9.88 Å². The van der Waals surface area contributed by atoms with Crippen molar-refractivity contribution in [3.05, 3.63) is 29.8 Å². The molecule has 3 N–H and O–H groups in total. The number of ether oxygens (including phenoxy) is 1. The van der Waals surface area contributed by atoms with Crippen LogP contribution in [0.5, 0.6) is 0 Å². The third-order valence-corrected chi connectivity index (χ3v) is 4.38. The van der Waals surface area contributed by atoms with Crippen molar-refractivity contribution in [3.8, 4) is 0 Å². The molecule has 0 saturated carbocycles. The van der Waals surface area contributed by atoms with Gasteiger partial charge in [0.25, 0.3) is 0 Å². The van der Waals surface area contributed by atoms with E-state index in [0.717, 1.165) is 0 Å². The van der Waals surface area contributed by atoms with E-state index in [2.05, 4.69) is 10.3 Å². The molecular weight excluding hydrogens is 322 g/mol. The largest absolute Gasteiger partial charge is 0.465 e. The van der Waals surface area contributed by atoms with Crippen molar-refractivity contribution in [2.24, 2.45) is 16.0 Å². The molecule has 0 radical (unpaired) electrons. The predicted molar refractivity (Wildman–Crippen MR) is 82.3 cm³/mol. The summed E-state index contributed by atoms with van der Waals surface area (Å²) in [6.45, 7) is 3.46. The van der Waals surface area contributed by atoms with E-state index >= 15 is 0 Å². The van der Waals surface area contributed by atoms with Gasteiger partial charge in [-0.3, -0.25) is 4.79 Å². The molecule has 1 heterocycles. The van der Waals surface area contributed by atoms with Crippen molar-refractivity contribution in [3.63, 3.8) is 0 Å². The van der Waals surface area contributed by atoms with E-state index in [1.54, 1.807) is 13.8 Å². The fraction of sp³-hybridized carbons (Fsp3) is 0.357. The van der Waals surface area contributed by atoms with Gasteiger partial charge in [-0.25, -0.2) is 23.3 Å². The van der Waals surface area contributed by atoms with E-state index in [-0.39, 0.29) is 11.5 Å². The van der Waals surface area contributed by atoms with Crippen LogP contribution < -0.4 is 10.5 Å². The Morgan fingerprint density at radius 2 is 1.96 bits per heavy atom. The standard InChI is InChI=1S/C14H17N3O5S/c1-3-22-13(18)11-8(2)16-14(19)17-12(11)9-4-6-10(7-5-9)23(15,20)21/h4-7,11-12H,3H2,1-2H3,(H,17,19)(H2,15,20,21)/t11?,12-/m0/s1. The number of urea groups is 1. The second-order valence-electron chi connectivity index (χ2n) is 5.02.